The number of fused-ring (bicyclic) bond motifs is 4. The molecule has 0 aromatic carbocycles. The highest BCUT2D eigenvalue weighted by atomic mass is 35.5. The minimum Gasteiger partial charge on any atom is -0.382 e. The number of imidazole rings is 1. The predicted molar refractivity (Wildman–Crippen MR) is 112 cm³/mol. The second-order valence-corrected chi connectivity index (χ2v) is 11.5. The Labute approximate surface area is 179 Å². The molecule has 11 heteroatoms. The zero-order valence-electron chi connectivity index (χ0n) is 17.3. The molecule has 30 heavy (non-hydrogen) atoms. The van der Waals surface area contributed by atoms with Crippen molar-refractivity contribution >= 4 is 36.0 Å². The Bertz CT molecular complexity index is 1100. The first-order valence-electron chi connectivity index (χ1n) is 10.0. The number of halogens is 1. The van der Waals surface area contributed by atoms with E-state index in [2.05, 4.69) is 15.0 Å². The Hall–Kier alpha value is -1.51. The van der Waals surface area contributed by atoms with Crippen LogP contribution in [0.2, 0.25) is 5.28 Å². The Balaban J connectivity index is 1.57. The Morgan fingerprint density at radius 2 is 2.20 bits per heavy atom. The number of nitrogens with two attached hydrogens (primary N) is 1. The van der Waals surface area contributed by atoms with E-state index in [0.717, 1.165) is 6.42 Å². The fraction of sp³-hybridized carbons (Fsp3) is 0.632. The third-order valence-corrected chi connectivity index (χ3v) is 7.93. The van der Waals surface area contributed by atoms with Crippen molar-refractivity contribution in [1.82, 2.24) is 19.5 Å². The highest BCUT2D eigenvalue weighted by Crippen LogP contribution is 2.73. The molecule has 2 aromatic rings. The van der Waals surface area contributed by atoms with Crippen molar-refractivity contribution < 1.29 is 18.6 Å². The normalized spacial score (nSPS) is 36.2. The summed E-state index contributed by atoms with van der Waals surface area (Å²) in [5.41, 5.74) is 6.80. The standard InChI is InChI=1S/C19H25ClN5O4P/c1-5-27-30(4,26)7-6-19-8-10(19)12(13-14(19)29-18(2,3)28-13)25-9-22-11-15(21)23-17(20)24-16(11)25/h6-7,9-10,12-14H,5,8H2,1-4H3,(H2,21,23,24)/b7-6+/t10-,12-,13+,14+,19-,30?/m1/s1. The van der Waals surface area contributed by atoms with Crippen LogP contribution in [0.3, 0.4) is 0 Å². The Kier molecular flexibility index (Phi) is 4.42. The van der Waals surface area contributed by atoms with Crippen molar-refractivity contribution in [2.45, 2.75) is 51.2 Å². The quantitative estimate of drug-likeness (QED) is 0.539. The second-order valence-electron chi connectivity index (χ2n) is 8.78. The number of ether oxygens (including phenoxy) is 2. The van der Waals surface area contributed by atoms with E-state index >= 15 is 0 Å². The van der Waals surface area contributed by atoms with Crippen LogP contribution in [0.1, 0.15) is 33.2 Å². The van der Waals surface area contributed by atoms with Crippen molar-refractivity contribution in [3.05, 3.63) is 23.5 Å². The van der Waals surface area contributed by atoms with E-state index in [0.29, 0.717) is 17.8 Å². The molecule has 3 aliphatic rings. The van der Waals surface area contributed by atoms with Crippen molar-refractivity contribution in [2.24, 2.45) is 11.3 Å². The number of anilines is 1. The van der Waals surface area contributed by atoms with Gasteiger partial charge in [0.05, 0.1) is 25.1 Å². The fourth-order valence-corrected chi connectivity index (χ4v) is 6.43. The lowest BCUT2D eigenvalue weighted by molar-refractivity contribution is -0.159. The summed E-state index contributed by atoms with van der Waals surface area (Å²) >= 11 is 6.06. The highest BCUT2D eigenvalue weighted by Gasteiger charge is 2.75. The monoisotopic (exact) mass is 453 g/mol. The number of rotatable bonds is 5. The minimum absolute atomic E-state index is 0.0693. The van der Waals surface area contributed by atoms with Crippen LogP contribution in [-0.4, -0.2) is 50.8 Å². The number of hydrogen-bond acceptors (Lipinski definition) is 8. The van der Waals surface area contributed by atoms with Gasteiger partial charge in [-0.25, -0.2) is 4.98 Å². The lowest BCUT2D eigenvalue weighted by Crippen LogP contribution is -2.31. The molecular formula is C19H25ClN5O4P. The lowest BCUT2D eigenvalue weighted by Gasteiger charge is -2.24. The van der Waals surface area contributed by atoms with Crippen LogP contribution >= 0.6 is 19.0 Å². The van der Waals surface area contributed by atoms with E-state index in [1.54, 1.807) is 18.8 Å². The minimum atomic E-state index is -2.81. The summed E-state index contributed by atoms with van der Waals surface area (Å²) in [6.45, 7) is 7.68. The van der Waals surface area contributed by atoms with E-state index in [1.165, 1.54) is 0 Å². The molecule has 162 valence electrons. The molecule has 6 atom stereocenters. The van der Waals surface area contributed by atoms with Crippen LogP contribution in [0.25, 0.3) is 11.2 Å². The van der Waals surface area contributed by atoms with Gasteiger partial charge in [0.1, 0.15) is 11.6 Å². The van der Waals surface area contributed by atoms with Crippen molar-refractivity contribution in [1.29, 1.82) is 0 Å². The third kappa shape index (κ3) is 3.02. The maximum Gasteiger partial charge on any atom is 0.226 e. The van der Waals surface area contributed by atoms with Gasteiger partial charge >= 0.3 is 0 Å². The van der Waals surface area contributed by atoms with Gasteiger partial charge in [0.15, 0.2) is 17.3 Å². The molecule has 2 aliphatic carbocycles. The molecule has 0 amide bonds. The fourth-order valence-electron chi connectivity index (χ4n) is 5.11. The molecule has 1 unspecified atom stereocenters. The zero-order valence-corrected chi connectivity index (χ0v) is 18.9. The summed E-state index contributed by atoms with van der Waals surface area (Å²) < 4.78 is 32.7. The first kappa shape index (κ1) is 20.4. The summed E-state index contributed by atoms with van der Waals surface area (Å²) in [5, 5.41) is 0.0748. The SMILES string of the molecule is CCOP(C)(=O)/C=C/[C@@]12C[C@@H]1[C@@H](n1cnc3c(N)nc(Cl)nc31)[C@@H]1OC(C)(C)O[C@@H]12. The topological polar surface area (TPSA) is 114 Å². The second kappa shape index (κ2) is 6.50. The van der Waals surface area contributed by atoms with Gasteiger partial charge in [0, 0.05) is 12.1 Å². The van der Waals surface area contributed by atoms with Crippen LogP contribution in [0, 0.1) is 11.3 Å². The molecule has 0 radical (unpaired) electrons. The average molecular weight is 454 g/mol. The van der Waals surface area contributed by atoms with Gasteiger partial charge < -0.3 is 24.3 Å². The van der Waals surface area contributed by atoms with E-state index in [1.807, 2.05) is 31.4 Å². The first-order chi connectivity index (χ1) is 14.1. The van der Waals surface area contributed by atoms with Crippen LogP contribution < -0.4 is 5.73 Å². The summed E-state index contributed by atoms with van der Waals surface area (Å²) in [6.07, 6.45) is 4.23. The van der Waals surface area contributed by atoms with Gasteiger partial charge in [0.2, 0.25) is 12.7 Å². The average Bonchev–Trinajstić information content (AvgIpc) is 2.90. The molecule has 1 saturated heterocycles. The largest absolute Gasteiger partial charge is 0.382 e. The Morgan fingerprint density at radius 1 is 1.43 bits per heavy atom. The van der Waals surface area contributed by atoms with E-state index in [-0.39, 0.29) is 40.7 Å². The molecule has 3 heterocycles. The van der Waals surface area contributed by atoms with Crippen molar-refractivity contribution in [3.63, 3.8) is 0 Å². The molecule has 5 rings (SSSR count). The Morgan fingerprint density at radius 3 is 2.93 bits per heavy atom. The highest BCUT2D eigenvalue weighted by molar-refractivity contribution is 7.61. The number of aromatic nitrogens is 4. The predicted octanol–water partition coefficient (Wildman–Crippen LogP) is 3.60. The lowest BCUT2D eigenvalue weighted by atomic mass is 9.99. The van der Waals surface area contributed by atoms with Gasteiger partial charge in [-0.15, -0.1) is 0 Å². The number of nitrogens with zero attached hydrogens (tertiary/aromatic N) is 4. The molecule has 9 nitrogen and oxygen atoms in total. The molecule has 2 N–H and O–H groups in total. The van der Waals surface area contributed by atoms with Crippen molar-refractivity contribution in [2.75, 3.05) is 19.0 Å². The summed E-state index contributed by atoms with van der Waals surface area (Å²) in [7, 11) is -2.81. The smallest absolute Gasteiger partial charge is 0.226 e. The molecule has 0 spiro atoms. The molecule has 1 aliphatic heterocycles. The van der Waals surface area contributed by atoms with Crippen LogP contribution in [0.15, 0.2) is 18.2 Å². The van der Waals surface area contributed by atoms with Gasteiger partial charge in [-0.2, -0.15) is 9.97 Å². The first-order valence-corrected chi connectivity index (χ1v) is 12.5. The maximum absolute atomic E-state index is 12.7. The number of hydrogen-bond donors (Lipinski definition) is 1. The van der Waals surface area contributed by atoms with Gasteiger partial charge in [-0.05, 0) is 50.5 Å². The van der Waals surface area contributed by atoms with E-state index < -0.39 is 13.2 Å². The summed E-state index contributed by atoms with van der Waals surface area (Å²) in [4.78, 5) is 12.8. The van der Waals surface area contributed by atoms with E-state index in [4.69, 9.17) is 31.3 Å². The van der Waals surface area contributed by atoms with Crippen molar-refractivity contribution in [3.8, 4) is 0 Å². The zero-order chi connectivity index (χ0) is 21.5. The number of nitrogen functional groups attached to an aromatic ring is 1. The van der Waals surface area contributed by atoms with E-state index in [9.17, 15) is 4.57 Å². The molecule has 0 bridgehead atoms. The van der Waals surface area contributed by atoms with Crippen LogP contribution in [0.5, 0.6) is 0 Å². The van der Waals surface area contributed by atoms with Crippen LogP contribution in [-0.2, 0) is 18.6 Å². The van der Waals surface area contributed by atoms with Gasteiger partial charge in [0.25, 0.3) is 0 Å². The molecule has 2 aromatic heterocycles. The molecular weight excluding hydrogens is 429 g/mol. The maximum atomic E-state index is 12.7. The summed E-state index contributed by atoms with van der Waals surface area (Å²) in [5.74, 6) is 1.45. The molecule has 2 saturated carbocycles. The van der Waals surface area contributed by atoms with Gasteiger partial charge in [-0.1, -0.05) is 6.08 Å². The summed E-state index contributed by atoms with van der Waals surface area (Å²) in [6, 6.07) is -0.0693. The molecule has 3 fully saturated rings. The van der Waals surface area contributed by atoms with Gasteiger partial charge in [-0.3, -0.25) is 4.57 Å². The third-order valence-electron chi connectivity index (χ3n) is 6.29. The van der Waals surface area contributed by atoms with Crippen LogP contribution in [0.4, 0.5) is 5.82 Å².